The van der Waals surface area contributed by atoms with Crippen LogP contribution in [0.25, 0.3) is 21.6 Å². The van der Waals surface area contributed by atoms with E-state index in [0.717, 1.165) is 10.4 Å². The summed E-state index contributed by atoms with van der Waals surface area (Å²) in [6, 6.07) is 5.31. The Kier molecular flexibility index (Phi) is 2.49. The zero-order chi connectivity index (χ0) is 12.5. The number of thiazole rings is 1. The summed E-state index contributed by atoms with van der Waals surface area (Å²) in [5.41, 5.74) is 9.39. The highest BCUT2D eigenvalue weighted by Crippen LogP contribution is 2.27. The Morgan fingerprint density at radius 3 is 2.94 bits per heavy atom. The molecule has 0 radical (unpaired) electrons. The summed E-state index contributed by atoms with van der Waals surface area (Å²) in [6.45, 7) is 0. The summed E-state index contributed by atoms with van der Waals surface area (Å²) in [4.78, 5) is 24.9. The number of hydrogen-bond acceptors (Lipinski definition) is 5. The van der Waals surface area contributed by atoms with Crippen LogP contribution in [0.5, 0.6) is 0 Å². The highest BCUT2D eigenvalue weighted by atomic mass is 32.1. The molecule has 0 aliphatic carbocycles. The van der Waals surface area contributed by atoms with E-state index in [1.807, 2.05) is 6.07 Å². The van der Waals surface area contributed by atoms with Gasteiger partial charge in [-0.1, -0.05) is 0 Å². The predicted molar refractivity (Wildman–Crippen MR) is 69.2 cm³/mol. The molecule has 2 N–H and O–H groups in total. The molecule has 0 aliphatic heterocycles. The summed E-state index contributed by atoms with van der Waals surface area (Å²) < 4.78 is 0. The predicted octanol–water partition coefficient (Wildman–Crippen LogP) is 1.85. The molecule has 3 rings (SSSR count). The van der Waals surface area contributed by atoms with Gasteiger partial charge in [0.15, 0.2) is 0 Å². The smallest absolute Gasteiger partial charge is 0.251 e. The second kappa shape index (κ2) is 4.15. The van der Waals surface area contributed by atoms with Crippen LogP contribution in [0.1, 0.15) is 10.4 Å². The van der Waals surface area contributed by atoms with Crippen LogP contribution in [-0.4, -0.2) is 20.9 Å². The zero-order valence-electron chi connectivity index (χ0n) is 9.20. The van der Waals surface area contributed by atoms with Crippen LogP contribution < -0.4 is 5.73 Å². The average Bonchev–Trinajstić information content (AvgIpc) is 2.91. The second-order valence-electron chi connectivity index (χ2n) is 3.66. The van der Waals surface area contributed by atoms with Crippen LogP contribution in [0.4, 0.5) is 0 Å². The molecule has 3 heterocycles. The fraction of sp³-hybridized carbons (Fsp3) is 0. The molecule has 0 unspecified atom stereocenters. The quantitative estimate of drug-likeness (QED) is 0.758. The molecule has 3 aromatic heterocycles. The van der Waals surface area contributed by atoms with Crippen molar-refractivity contribution in [3.8, 4) is 10.6 Å². The van der Waals surface area contributed by atoms with E-state index in [9.17, 15) is 4.79 Å². The molecule has 0 spiro atoms. The van der Waals surface area contributed by atoms with Gasteiger partial charge in [-0.25, -0.2) is 4.98 Å². The van der Waals surface area contributed by atoms with Crippen molar-refractivity contribution in [3.05, 3.63) is 41.7 Å². The van der Waals surface area contributed by atoms with Crippen LogP contribution in [0.3, 0.4) is 0 Å². The summed E-state index contributed by atoms with van der Waals surface area (Å²) in [7, 11) is 0. The van der Waals surface area contributed by atoms with E-state index < -0.39 is 5.91 Å². The first-order valence-electron chi connectivity index (χ1n) is 5.20. The van der Waals surface area contributed by atoms with E-state index in [-0.39, 0.29) is 0 Å². The van der Waals surface area contributed by atoms with Crippen molar-refractivity contribution in [2.24, 2.45) is 5.73 Å². The zero-order valence-corrected chi connectivity index (χ0v) is 10.0. The molecule has 6 heteroatoms. The van der Waals surface area contributed by atoms with Crippen LogP contribution in [-0.2, 0) is 0 Å². The lowest BCUT2D eigenvalue weighted by molar-refractivity contribution is 0.100. The Labute approximate surface area is 106 Å². The normalized spacial score (nSPS) is 10.7. The molecule has 88 valence electrons. The molecule has 0 saturated heterocycles. The Morgan fingerprint density at radius 2 is 2.22 bits per heavy atom. The highest BCUT2D eigenvalue weighted by molar-refractivity contribution is 7.13. The van der Waals surface area contributed by atoms with Crippen molar-refractivity contribution >= 4 is 28.3 Å². The summed E-state index contributed by atoms with van der Waals surface area (Å²) in [6.07, 6.45) is 3.32. The lowest BCUT2D eigenvalue weighted by atomic mass is 10.1. The maximum Gasteiger partial charge on any atom is 0.251 e. The number of primary amides is 1. The van der Waals surface area contributed by atoms with E-state index in [0.29, 0.717) is 16.8 Å². The van der Waals surface area contributed by atoms with Gasteiger partial charge in [-0.15, -0.1) is 11.3 Å². The van der Waals surface area contributed by atoms with Gasteiger partial charge in [0.2, 0.25) is 0 Å². The standard InChI is InChI=1S/C12H8N4OS/c13-12(17)7-4-9-8(2-1-3-15-9)16-11(7)10-5-14-6-18-10/h1-6H,(H2,13,17). The number of rotatable bonds is 2. The molecule has 0 fully saturated rings. The topological polar surface area (TPSA) is 81.8 Å². The minimum atomic E-state index is -0.515. The first-order chi connectivity index (χ1) is 8.75. The summed E-state index contributed by atoms with van der Waals surface area (Å²) in [5.74, 6) is -0.515. The van der Waals surface area contributed by atoms with Crippen molar-refractivity contribution in [1.29, 1.82) is 0 Å². The van der Waals surface area contributed by atoms with E-state index >= 15 is 0 Å². The number of hydrogen-bond donors (Lipinski definition) is 1. The third kappa shape index (κ3) is 1.72. The molecular weight excluding hydrogens is 248 g/mol. The number of nitrogens with two attached hydrogens (primary N) is 1. The number of nitrogens with zero attached hydrogens (tertiary/aromatic N) is 3. The van der Waals surface area contributed by atoms with Crippen LogP contribution in [0, 0.1) is 0 Å². The largest absolute Gasteiger partial charge is 0.366 e. The third-order valence-corrected chi connectivity index (χ3v) is 3.30. The molecule has 0 atom stereocenters. The van der Waals surface area contributed by atoms with Gasteiger partial charge in [0, 0.05) is 12.4 Å². The van der Waals surface area contributed by atoms with Crippen molar-refractivity contribution in [2.45, 2.75) is 0 Å². The third-order valence-electron chi connectivity index (χ3n) is 2.52. The molecule has 0 aromatic carbocycles. The number of fused-ring (bicyclic) bond motifs is 1. The fourth-order valence-electron chi connectivity index (χ4n) is 1.71. The lowest BCUT2D eigenvalue weighted by Gasteiger charge is -2.05. The molecule has 3 aromatic rings. The van der Waals surface area contributed by atoms with Gasteiger partial charge < -0.3 is 5.73 Å². The number of aromatic nitrogens is 3. The number of carbonyl (C=O) groups is 1. The van der Waals surface area contributed by atoms with Gasteiger partial charge in [-0.2, -0.15) is 0 Å². The van der Waals surface area contributed by atoms with Crippen molar-refractivity contribution < 1.29 is 4.79 Å². The Hall–Kier alpha value is -2.34. The number of pyridine rings is 2. The maximum atomic E-state index is 11.5. The van der Waals surface area contributed by atoms with Gasteiger partial charge >= 0.3 is 0 Å². The van der Waals surface area contributed by atoms with Crippen LogP contribution in [0.2, 0.25) is 0 Å². The molecule has 18 heavy (non-hydrogen) atoms. The Morgan fingerprint density at radius 1 is 1.33 bits per heavy atom. The fourth-order valence-corrected chi connectivity index (χ4v) is 2.33. The van der Waals surface area contributed by atoms with Crippen LogP contribution in [0.15, 0.2) is 36.1 Å². The van der Waals surface area contributed by atoms with Crippen LogP contribution >= 0.6 is 11.3 Å². The van der Waals surface area contributed by atoms with Gasteiger partial charge in [0.05, 0.1) is 32.7 Å². The van der Waals surface area contributed by atoms with Crippen molar-refractivity contribution in [2.75, 3.05) is 0 Å². The molecule has 0 bridgehead atoms. The lowest BCUT2D eigenvalue weighted by Crippen LogP contribution is -2.13. The average molecular weight is 256 g/mol. The summed E-state index contributed by atoms with van der Waals surface area (Å²) in [5, 5.41) is 0. The van der Waals surface area contributed by atoms with E-state index in [1.54, 1.807) is 30.0 Å². The number of carbonyl (C=O) groups excluding carboxylic acids is 1. The van der Waals surface area contributed by atoms with Gasteiger partial charge in [0.25, 0.3) is 5.91 Å². The molecular formula is C12H8N4OS. The van der Waals surface area contributed by atoms with Crippen molar-refractivity contribution in [3.63, 3.8) is 0 Å². The molecule has 0 saturated carbocycles. The number of amides is 1. The highest BCUT2D eigenvalue weighted by Gasteiger charge is 2.14. The first kappa shape index (κ1) is 10.8. The van der Waals surface area contributed by atoms with E-state index in [2.05, 4.69) is 15.0 Å². The maximum absolute atomic E-state index is 11.5. The van der Waals surface area contributed by atoms with E-state index in [1.165, 1.54) is 11.3 Å². The summed E-state index contributed by atoms with van der Waals surface area (Å²) >= 11 is 1.41. The first-order valence-corrected chi connectivity index (χ1v) is 6.08. The minimum absolute atomic E-state index is 0.366. The van der Waals surface area contributed by atoms with Crippen molar-refractivity contribution in [1.82, 2.24) is 15.0 Å². The Bertz CT molecular complexity index is 724. The van der Waals surface area contributed by atoms with E-state index in [4.69, 9.17) is 5.73 Å². The van der Waals surface area contributed by atoms with Gasteiger partial charge in [-0.05, 0) is 18.2 Å². The van der Waals surface area contributed by atoms with Gasteiger partial charge in [-0.3, -0.25) is 14.8 Å². The Balaban J connectivity index is 2.34. The molecule has 0 aliphatic rings. The SMILES string of the molecule is NC(=O)c1cc2ncccc2nc1-c1cncs1. The molecule has 1 amide bonds. The minimum Gasteiger partial charge on any atom is -0.366 e. The monoisotopic (exact) mass is 256 g/mol. The second-order valence-corrected chi connectivity index (χ2v) is 4.54. The molecule has 5 nitrogen and oxygen atoms in total. The van der Waals surface area contributed by atoms with Gasteiger partial charge in [0.1, 0.15) is 0 Å².